The largest absolute Gasteiger partial charge is 0.368 e. The third-order valence-electron chi connectivity index (χ3n) is 1.51. The van der Waals surface area contributed by atoms with Gasteiger partial charge in [-0.15, -0.1) is 0 Å². The molecule has 0 aliphatic heterocycles. The van der Waals surface area contributed by atoms with Crippen LogP contribution < -0.4 is 11.5 Å². The molecule has 0 unspecified atom stereocenters. The minimum atomic E-state index is -0.584. The summed E-state index contributed by atoms with van der Waals surface area (Å²) in [7, 11) is 0. The second kappa shape index (κ2) is 6.25. The molecule has 2 aromatic rings. The lowest BCUT2D eigenvalue weighted by Crippen LogP contribution is -1.95. The Morgan fingerprint density at radius 2 is 1.39 bits per heavy atom. The van der Waals surface area contributed by atoms with Crippen LogP contribution in [0.3, 0.4) is 0 Å². The van der Waals surface area contributed by atoms with E-state index in [-0.39, 0.29) is 17.6 Å². The van der Waals surface area contributed by atoms with Crippen molar-refractivity contribution in [2.45, 2.75) is 0 Å². The van der Waals surface area contributed by atoms with Crippen molar-refractivity contribution in [1.29, 1.82) is 0 Å². The number of aromatic nitrogens is 4. The quantitative estimate of drug-likeness (QED) is 0.567. The van der Waals surface area contributed by atoms with E-state index in [4.69, 9.17) is 23.1 Å². The van der Waals surface area contributed by atoms with Crippen LogP contribution in [0.1, 0.15) is 0 Å². The number of anilines is 2. The van der Waals surface area contributed by atoms with Crippen molar-refractivity contribution in [2.75, 3.05) is 11.5 Å². The summed E-state index contributed by atoms with van der Waals surface area (Å²) in [6.45, 7) is 0. The Morgan fingerprint density at radius 1 is 1.00 bits per heavy atom. The van der Waals surface area contributed by atoms with Crippen molar-refractivity contribution in [1.82, 2.24) is 19.9 Å². The zero-order valence-corrected chi connectivity index (χ0v) is 9.65. The van der Waals surface area contributed by atoms with Crippen molar-refractivity contribution in [3.8, 4) is 0 Å². The normalized spacial score (nSPS) is 9.17. The molecule has 4 N–H and O–H groups in total. The molecule has 18 heavy (non-hydrogen) atoms. The molecule has 0 spiro atoms. The number of nitrogen functional groups attached to an aromatic ring is 2. The second-order valence-electron chi connectivity index (χ2n) is 2.82. The fourth-order valence-electron chi connectivity index (χ4n) is 0.748. The highest BCUT2D eigenvalue weighted by Gasteiger charge is 2.03. The highest BCUT2D eigenvalue weighted by molar-refractivity contribution is 6.30. The van der Waals surface area contributed by atoms with Crippen LogP contribution >= 0.6 is 11.6 Å². The Balaban J connectivity index is 0.000000184. The summed E-state index contributed by atoms with van der Waals surface area (Å²) >= 11 is 5.43. The Morgan fingerprint density at radius 3 is 1.72 bits per heavy atom. The van der Waals surface area contributed by atoms with Gasteiger partial charge in [-0.05, 0) is 0 Å². The zero-order valence-electron chi connectivity index (χ0n) is 8.89. The van der Waals surface area contributed by atoms with Gasteiger partial charge in [0.1, 0.15) is 12.4 Å². The number of nitrogens with zero attached hydrogens (tertiary/aromatic N) is 5. The Hall–Kier alpha value is -2.55. The smallest absolute Gasteiger partial charge is 0.305 e. The van der Waals surface area contributed by atoms with Gasteiger partial charge in [0.2, 0.25) is 11.9 Å². The minimum Gasteiger partial charge on any atom is -0.368 e. The average molecular weight is 270 g/mol. The van der Waals surface area contributed by atoms with Crippen LogP contribution in [-0.2, 0) is 0 Å². The van der Waals surface area contributed by atoms with E-state index in [0.29, 0.717) is 5.02 Å². The maximum atomic E-state index is 10.00. The summed E-state index contributed by atoms with van der Waals surface area (Å²) in [5.41, 5.74) is 10.1. The number of hydrogen-bond acceptors (Lipinski definition) is 8. The third kappa shape index (κ3) is 4.53. The predicted octanol–water partition coefficient (Wildman–Crippen LogP) is 0.679. The van der Waals surface area contributed by atoms with Crippen LogP contribution in [0, 0.1) is 10.1 Å². The summed E-state index contributed by atoms with van der Waals surface area (Å²) < 4.78 is 0. The highest BCUT2D eigenvalue weighted by atomic mass is 35.5. The van der Waals surface area contributed by atoms with Gasteiger partial charge in [0.05, 0.1) is 22.3 Å². The standard InChI is InChI=1S/C4H4ClN3.C4H4N4O2/c5-3-1-7-4(6)8-2-3;5-4-6-1-3(2-7-4)8(9)10/h1-2H,(H2,6,7,8);1-2H,(H2,5,6,7). The van der Waals surface area contributed by atoms with Crippen LogP contribution in [0.5, 0.6) is 0 Å². The van der Waals surface area contributed by atoms with E-state index in [1.165, 1.54) is 12.4 Å². The minimum absolute atomic E-state index is 0.0330. The number of nitrogens with two attached hydrogens (primary N) is 2. The zero-order chi connectivity index (χ0) is 13.5. The molecule has 0 bridgehead atoms. The van der Waals surface area contributed by atoms with Gasteiger partial charge in [0.15, 0.2) is 0 Å². The van der Waals surface area contributed by atoms with Crippen LogP contribution in [0.4, 0.5) is 17.6 Å². The van der Waals surface area contributed by atoms with Gasteiger partial charge in [-0.3, -0.25) is 10.1 Å². The van der Waals surface area contributed by atoms with Crippen molar-refractivity contribution >= 4 is 29.2 Å². The molecular weight excluding hydrogens is 262 g/mol. The monoisotopic (exact) mass is 269 g/mol. The van der Waals surface area contributed by atoms with Crippen LogP contribution in [-0.4, -0.2) is 24.9 Å². The number of rotatable bonds is 1. The van der Waals surface area contributed by atoms with E-state index in [1.807, 2.05) is 0 Å². The lowest BCUT2D eigenvalue weighted by molar-refractivity contribution is -0.385. The fourth-order valence-corrected chi connectivity index (χ4v) is 0.845. The van der Waals surface area contributed by atoms with Gasteiger partial charge in [-0.25, -0.2) is 19.9 Å². The number of halogens is 1. The molecule has 0 saturated carbocycles. The number of nitro groups is 1. The molecule has 0 radical (unpaired) electrons. The van der Waals surface area contributed by atoms with E-state index in [2.05, 4.69) is 19.9 Å². The molecule has 0 aromatic carbocycles. The second-order valence-corrected chi connectivity index (χ2v) is 3.25. The maximum Gasteiger partial charge on any atom is 0.305 e. The molecule has 0 fully saturated rings. The van der Waals surface area contributed by atoms with E-state index in [1.54, 1.807) is 0 Å². The molecule has 9 nitrogen and oxygen atoms in total. The maximum absolute atomic E-state index is 10.00. The topological polar surface area (TPSA) is 147 Å². The molecule has 2 heterocycles. The van der Waals surface area contributed by atoms with Gasteiger partial charge in [0, 0.05) is 0 Å². The fraction of sp³-hybridized carbons (Fsp3) is 0. The Bertz CT molecular complexity index is 495. The summed E-state index contributed by atoms with van der Waals surface area (Å²) in [5, 5.41) is 10.5. The molecule has 2 aromatic heterocycles. The van der Waals surface area contributed by atoms with Gasteiger partial charge in [-0.1, -0.05) is 11.6 Å². The average Bonchev–Trinajstić information content (AvgIpc) is 2.34. The molecule has 0 amide bonds. The van der Waals surface area contributed by atoms with Crippen LogP contribution in [0.25, 0.3) is 0 Å². The van der Waals surface area contributed by atoms with E-state index < -0.39 is 4.92 Å². The molecule has 2 rings (SSSR count). The van der Waals surface area contributed by atoms with Gasteiger partial charge >= 0.3 is 5.69 Å². The molecular formula is C8H8ClN7O2. The number of hydrogen-bond donors (Lipinski definition) is 2. The van der Waals surface area contributed by atoms with Gasteiger partial charge < -0.3 is 11.5 Å². The van der Waals surface area contributed by atoms with E-state index >= 15 is 0 Å². The molecule has 0 aliphatic carbocycles. The highest BCUT2D eigenvalue weighted by Crippen LogP contribution is 2.05. The van der Waals surface area contributed by atoms with E-state index in [0.717, 1.165) is 12.4 Å². The first-order valence-corrected chi connectivity index (χ1v) is 4.81. The summed E-state index contributed by atoms with van der Waals surface area (Å²) in [5.74, 6) is 0.278. The predicted molar refractivity (Wildman–Crippen MR) is 64.6 cm³/mol. The first-order valence-electron chi connectivity index (χ1n) is 4.44. The lowest BCUT2D eigenvalue weighted by Gasteiger charge is -1.88. The van der Waals surface area contributed by atoms with Crippen molar-refractivity contribution in [3.63, 3.8) is 0 Å². The lowest BCUT2D eigenvalue weighted by atomic mass is 10.6. The first kappa shape index (κ1) is 13.5. The van der Waals surface area contributed by atoms with E-state index in [9.17, 15) is 10.1 Å². The Kier molecular flexibility index (Phi) is 4.69. The first-order chi connectivity index (χ1) is 8.49. The summed E-state index contributed by atoms with van der Waals surface area (Å²) in [4.78, 5) is 23.5. The van der Waals surface area contributed by atoms with Crippen molar-refractivity contribution in [3.05, 3.63) is 39.9 Å². The Labute approximate surface area is 106 Å². The summed E-state index contributed by atoms with van der Waals surface area (Å²) in [6.07, 6.45) is 5.01. The molecule has 10 heteroatoms. The molecule has 0 aliphatic rings. The van der Waals surface area contributed by atoms with Crippen LogP contribution in [0.2, 0.25) is 5.02 Å². The van der Waals surface area contributed by atoms with Crippen molar-refractivity contribution < 1.29 is 4.92 Å². The van der Waals surface area contributed by atoms with Gasteiger partial charge in [0.25, 0.3) is 0 Å². The summed E-state index contributed by atoms with van der Waals surface area (Å²) in [6, 6.07) is 0. The third-order valence-corrected chi connectivity index (χ3v) is 1.70. The van der Waals surface area contributed by atoms with Crippen molar-refractivity contribution in [2.24, 2.45) is 0 Å². The molecule has 0 atom stereocenters. The van der Waals surface area contributed by atoms with Gasteiger partial charge in [-0.2, -0.15) is 0 Å². The molecule has 94 valence electrons. The SMILES string of the molecule is Nc1ncc(Cl)cn1.Nc1ncc([N+](=O)[O-])cn1. The van der Waals surface area contributed by atoms with Crippen LogP contribution in [0.15, 0.2) is 24.8 Å². The molecule has 0 saturated heterocycles.